The van der Waals surface area contributed by atoms with Gasteiger partial charge in [0.15, 0.2) is 5.78 Å². The number of nitrogens with zero attached hydrogens (tertiary/aromatic N) is 2. The number of benzene rings is 2. The quantitative estimate of drug-likeness (QED) is 0.314. The lowest BCUT2D eigenvalue weighted by Gasteiger charge is -1.94. The highest BCUT2D eigenvalue weighted by Crippen LogP contribution is 2.41. The predicted octanol–water partition coefficient (Wildman–Crippen LogP) is 5.68. The van der Waals surface area contributed by atoms with Gasteiger partial charge in [0, 0.05) is 10.1 Å². The zero-order valence-corrected chi connectivity index (χ0v) is 16.7. The summed E-state index contributed by atoms with van der Waals surface area (Å²) in [6, 6.07) is 14.4. The number of thiophene rings is 1. The largest absolute Gasteiger partial charge is 0.508 e. The monoisotopic (exact) mass is 428 g/mol. The summed E-state index contributed by atoms with van der Waals surface area (Å²) in [5.74, 6) is 0.625. The molecule has 0 spiro atoms. The average molecular weight is 429 g/mol. The Morgan fingerprint density at radius 2 is 1.96 bits per heavy atom. The van der Waals surface area contributed by atoms with E-state index in [1.54, 1.807) is 30.3 Å². The van der Waals surface area contributed by atoms with Gasteiger partial charge in [-0.15, -0.1) is 21.5 Å². The van der Waals surface area contributed by atoms with Crippen LogP contribution in [0.5, 0.6) is 5.75 Å². The van der Waals surface area contributed by atoms with E-state index in [0.29, 0.717) is 16.1 Å². The third-order valence-corrected chi connectivity index (χ3v) is 6.33. The summed E-state index contributed by atoms with van der Waals surface area (Å²) < 4.78 is 6.71. The second-order valence-corrected chi connectivity index (χ2v) is 8.15. The molecule has 28 heavy (non-hydrogen) atoms. The number of fused-ring (bicyclic) bond motifs is 1. The Kier molecular flexibility index (Phi) is 5.47. The Morgan fingerprint density at radius 1 is 1.18 bits per heavy atom. The number of aromatic hydroxyl groups is 1. The zero-order chi connectivity index (χ0) is 19.5. The molecule has 0 bridgehead atoms. The van der Waals surface area contributed by atoms with Gasteiger partial charge in [-0.25, -0.2) is 0 Å². The number of halogens is 1. The summed E-state index contributed by atoms with van der Waals surface area (Å²) >= 11 is 9.10. The number of rotatable bonds is 6. The first-order valence-corrected chi connectivity index (χ1v) is 10.4. The molecule has 0 aliphatic rings. The number of carbonyl (C=O) groups excluding carboxylic acids is 1. The Morgan fingerprint density at radius 3 is 2.75 bits per heavy atom. The molecule has 2 aromatic carbocycles. The third-order valence-electron chi connectivity index (χ3n) is 3.83. The van der Waals surface area contributed by atoms with Gasteiger partial charge in [-0.05, 0) is 29.8 Å². The summed E-state index contributed by atoms with van der Waals surface area (Å²) in [7, 11) is 0. The van der Waals surface area contributed by atoms with E-state index in [9.17, 15) is 9.90 Å². The van der Waals surface area contributed by atoms with Crippen molar-refractivity contribution in [1.82, 2.24) is 10.2 Å². The Hall–Kier alpha value is -2.61. The topological polar surface area (TPSA) is 76.2 Å². The van der Waals surface area contributed by atoms with Gasteiger partial charge in [-0.3, -0.25) is 4.79 Å². The summed E-state index contributed by atoms with van der Waals surface area (Å²) in [5, 5.41) is 19.2. The number of ketones is 1. The van der Waals surface area contributed by atoms with Gasteiger partial charge >= 0.3 is 0 Å². The number of carbonyl (C=O) groups is 1. The molecule has 2 aromatic heterocycles. The van der Waals surface area contributed by atoms with Crippen LogP contribution < -0.4 is 0 Å². The second-order valence-electron chi connectivity index (χ2n) is 5.79. The van der Waals surface area contributed by atoms with Crippen LogP contribution in [0.3, 0.4) is 0 Å². The van der Waals surface area contributed by atoms with Crippen molar-refractivity contribution < 1.29 is 14.3 Å². The van der Waals surface area contributed by atoms with E-state index < -0.39 is 0 Å². The fraction of sp³-hybridized carbons (Fsp3) is 0.0500. The molecule has 4 aromatic rings. The standard InChI is InChI=1S/C20H13ClN2O3S2/c21-17-15-3-1-2-4-16(15)28-18(17)19-22-23-20(26-19)27-11-14(25)10-7-12-5-8-13(24)9-6-12/h1-10,24H,11H2/b10-7+. The second kappa shape index (κ2) is 8.18. The van der Waals surface area contributed by atoms with Crippen molar-refractivity contribution in [3.05, 3.63) is 65.2 Å². The summed E-state index contributed by atoms with van der Waals surface area (Å²) in [4.78, 5) is 12.8. The molecular formula is C20H13ClN2O3S2. The van der Waals surface area contributed by atoms with Gasteiger partial charge < -0.3 is 9.52 Å². The van der Waals surface area contributed by atoms with E-state index in [-0.39, 0.29) is 17.3 Å². The minimum Gasteiger partial charge on any atom is -0.508 e. The lowest BCUT2D eigenvalue weighted by atomic mass is 10.2. The van der Waals surface area contributed by atoms with Crippen LogP contribution in [0.25, 0.3) is 26.9 Å². The van der Waals surface area contributed by atoms with Crippen molar-refractivity contribution in [1.29, 1.82) is 0 Å². The fourth-order valence-corrected chi connectivity index (χ4v) is 4.50. The van der Waals surface area contributed by atoms with Crippen molar-refractivity contribution in [2.24, 2.45) is 0 Å². The number of aromatic nitrogens is 2. The number of hydrogen-bond donors (Lipinski definition) is 1. The molecule has 0 aliphatic heterocycles. The summed E-state index contributed by atoms with van der Waals surface area (Å²) in [5.41, 5.74) is 0.829. The Bertz CT molecular complexity index is 1170. The fourth-order valence-electron chi connectivity index (χ4n) is 2.47. The van der Waals surface area contributed by atoms with E-state index in [0.717, 1.165) is 20.5 Å². The highest BCUT2D eigenvalue weighted by Gasteiger charge is 2.18. The number of allylic oxidation sites excluding steroid dienone is 1. The smallest absolute Gasteiger partial charge is 0.277 e. The first-order chi connectivity index (χ1) is 13.6. The minimum atomic E-state index is -0.0854. The van der Waals surface area contributed by atoms with Crippen LogP contribution in [0.4, 0.5) is 0 Å². The molecule has 0 radical (unpaired) electrons. The number of phenolic OH excluding ortho intramolecular Hbond substituents is 1. The van der Waals surface area contributed by atoms with Crippen molar-refractivity contribution in [3.63, 3.8) is 0 Å². The molecule has 4 rings (SSSR count). The van der Waals surface area contributed by atoms with Crippen molar-refractivity contribution >= 4 is 56.6 Å². The van der Waals surface area contributed by atoms with Crippen LogP contribution in [0.2, 0.25) is 5.02 Å². The maximum absolute atomic E-state index is 12.0. The van der Waals surface area contributed by atoms with E-state index in [1.807, 2.05) is 24.3 Å². The van der Waals surface area contributed by atoms with E-state index in [4.69, 9.17) is 16.0 Å². The molecular weight excluding hydrogens is 416 g/mol. The summed E-state index contributed by atoms with van der Waals surface area (Å²) in [6.45, 7) is 0. The highest BCUT2D eigenvalue weighted by molar-refractivity contribution is 7.99. The Balaban J connectivity index is 1.41. The number of phenols is 1. The van der Waals surface area contributed by atoms with Crippen LogP contribution in [-0.2, 0) is 4.79 Å². The summed E-state index contributed by atoms with van der Waals surface area (Å²) in [6.07, 6.45) is 3.18. The number of thioether (sulfide) groups is 1. The first kappa shape index (κ1) is 18.7. The van der Waals surface area contributed by atoms with Crippen LogP contribution in [0.1, 0.15) is 5.56 Å². The van der Waals surface area contributed by atoms with Gasteiger partial charge in [0.1, 0.15) is 10.6 Å². The molecule has 2 heterocycles. The molecule has 0 aliphatic carbocycles. The molecule has 0 saturated heterocycles. The highest BCUT2D eigenvalue weighted by atomic mass is 35.5. The first-order valence-electron chi connectivity index (χ1n) is 8.24. The molecule has 0 saturated carbocycles. The van der Waals surface area contributed by atoms with Crippen LogP contribution in [0.15, 0.2) is 64.2 Å². The zero-order valence-electron chi connectivity index (χ0n) is 14.3. The molecule has 8 heteroatoms. The van der Waals surface area contributed by atoms with Crippen LogP contribution in [-0.4, -0.2) is 26.8 Å². The van der Waals surface area contributed by atoms with Gasteiger partial charge in [0.2, 0.25) is 0 Å². The SMILES string of the molecule is O=C(/C=C/c1ccc(O)cc1)CSc1nnc(-c2sc3ccccc3c2Cl)o1. The maximum atomic E-state index is 12.0. The molecule has 0 amide bonds. The van der Waals surface area contributed by atoms with Crippen LogP contribution >= 0.6 is 34.7 Å². The van der Waals surface area contributed by atoms with E-state index >= 15 is 0 Å². The lowest BCUT2D eigenvalue weighted by Crippen LogP contribution is -1.95. The predicted molar refractivity (Wildman–Crippen MR) is 113 cm³/mol. The van der Waals surface area contributed by atoms with Gasteiger partial charge in [-0.1, -0.05) is 59.8 Å². The normalized spacial score (nSPS) is 11.5. The molecule has 5 nitrogen and oxygen atoms in total. The van der Waals surface area contributed by atoms with Gasteiger partial charge in [-0.2, -0.15) is 0 Å². The van der Waals surface area contributed by atoms with Crippen molar-refractivity contribution in [2.45, 2.75) is 5.22 Å². The van der Waals surface area contributed by atoms with E-state index in [1.165, 1.54) is 29.2 Å². The Labute approximate surface area is 173 Å². The van der Waals surface area contributed by atoms with Crippen molar-refractivity contribution in [3.8, 4) is 16.5 Å². The van der Waals surface area contributed by atoms with Crippen molar-refractivity contribution in [2.75, 3.05) is 5.75 Å². The molecule has 0 fully saturated rings. The molecule has 140 valence electrons. The van der Waals surface area contributed by atoms with Gasteiger partial charge in [0.25, 0.3) is 11.1 Å². The molecule has 0 unspecified atom stereocenters. The van der Waals surface area contributed by atoms with Crippen LogP contribution in [0, 0.1) is 0 Å². The van der Waals surface area contributed by atoms with E-state index in [2.05, 4.69) is 10.2 Å². The average Bonchev–Trinajstić information content (AvgIpc) is 3.31. The number of hydrogen-bond acceptors (Lipinski definition) is 7. The molecule has 0 atom stereocenters. The maximum Gasteiger partial charge on any atom is 0.277 e. The molecule has 1 N–H and O–H groups in total. The van der Waals surface area contributed by atoms with Gasteiger partial charge in [0.05, 0.1) is 10.8 Å². The minimum absolute atomic E-state index is 0.0854. The third kappa shape index (κ3) is 4.11. The lowest BCUT2D eigenvalue weighted by molar-refractivity contribution is -0.112.